The number of nitrogens with one attached hydrogen (secondary N) is 2. The number of carbonyl (C=O) groups excluding carboxylic acids is 2. The van der Waals surface area contributed by atoms with Crippen LogP contribution in [0.3, 0.4) is 0 Å². The highest BCUT2D eigenvalue weighted by molar-refractivity contribution is 5.91. The molecule has 0 atom stereocenters. The number of rotatable bonds is 4. The lowest BCUT2D eigenvalue weighted by Crippen LogP contribution is -2.49. The van der Waals surface area contributed by atoms with Crippen LogP contribution in [0.4, 0.5) is 20.6 Å². The second-order valence-corrected chi connectivity index (χ2v) is 6.54. The van der Waals surface area contributed by atoms with Gasteiger partial charge in [0.05, 0.1) is 0 Å². The zero-order chi connectivity index (χ0) is 19.2. The van der Waals surface area contributed by atoms with E-state index in [9.17, 15) is 14.0 Å². The average molecular weight is 370 g/mol. The first-order chi connectivity index (χ1) is 13.0. The highest BCUT2D eigenvalue weighted by Gasteiger charge is 2.21. The molecule has 2 aromatic carbocycles. The summed E-state index contributed by atoms with van der Waals surface area (Å²) in [5.41, 5.74) is 2.03. The maximum absolute atomic E-state index is 13.8. The first kappa shape index (κ1) is 18.8. The summed E-state index contributed by atoms with van der Waals surface area (Å²) in [4.78, 5) is 27.3. The van der Waals surface area contributed by atoms with Crippen molar-refractivity contribution in [2.24, 2.45) is 0 Å². The van der Waals surface area contributed by atoms with Crippen LogP contribution in [0.5, 0.6) is 0 Å². The molecule has 7 heteroatoms. The predicted octanol–water partition coefficient (Wildman–Crippen LogP) is 3.13. The Hall–Kier alpha value is -2.93. The van der Waals surface area contributed by atoms with Crippen molar-refractivity contribution in [3.8, 4) is 0 Å². The standard InChI is InChI=1S/C20H23FN4O2/c1-15(26)22-17-6-8-18(9-7-17)23-20(27)25-12-10-24(11-13-25)14-16-4-2-3-5-19(16)21/h2-9H,10-14H2,1H3,(H,22,26)(H,23,27). The topological polar surface area (TPSA) is 64.7 Å². The van der Waals surface area contributed by atoms with Gasteiger partial charge in [0.2, 0.25) is 5.91 Å². The molecule has 1 fully saturated rings. The summed E-state index contributed by atoms with van der Waals surface area (Å²) in [6.45, 7) is 4.56. The van der Waals surface area contributed by atoms with E-state index in [1.54, 1.807) is 41.3 Å². The molecule has 0 spiro atoms. The molecular weight excluding hydrogens is 347 g/mol. The molecule has 3 rings (SSSR count). The smallest absolute Gasteiger partial charge is 0.321 e. The molecule has 2 N–H and O–H groups in total. The summed E-state index contributed by atoms with van der Waals surface area (Å²) >= 11 is 0. The lowest BCUT2D eigenvalue weighted by molar-refractivity contribution is -0.114. The zero-order valence-corrected chi connectivity index (χ0v) is 15.2. The number of hydrogen-bond donors (Lipinski definition) is 2. The zero-order valence-electron chi connectivity index (χ0n) is 15.2. The van der Waals surface area contributed by atoms with Crippen LogP contribution in [0.25, 0.3) is 0 Å². The van der Waals surface area contributed by atoms with Gasteiger partial charge in [-0.2, -0.15) is 0 Å². The molecule has 1 aliphatic rings. The molecule has 142 valence electrons. The fourth-order valence-corrected chi connectivity index (χ4v) is 3.02. The quantitative estimate of drug-likeness (QED) is 0.869. The van der Waals surface area contributed by atoms with Gasteiger partial charge in [0.1, 0.15) is 5.82 Å². The summed E-state index contributed by atoms with van der Waals surface area (Å²) in [5, 5.41) is 5.54. The van der Waals surface area contributed by atoms with E-state index < -0.39 is 0 Å². The van der Waals surface area contributed by atoms with Gasteiger partial charge in [-0.05, 0) is 30.3 Å². The third-order valence-electron chi connectivity index (χ3n) is 4.47. The van der Waals surface area contributed by atoms with Crippen molar-refractivity contribution in [1.29, 1.82) is 0 Å². The summed E-state index contributed by atoms with van der Waals surface area (Å²) in [6, 6.07) is 13.6. The van der Waals surface area contributed by atoms with E-state index in [4.69, 9.17) is 0 Å². The molecule has 1 saturated heterocycles. The van der Waals surface area contributed by atoms with Gasteiger partial charge in [0.15, 0.2) is 0 Å². The second kappa shape index (κ2) is 8.64. The van der Waals surface area contributed by atoms with Gasteiger partial charge in [-0.15, -0.1) is 0 Å². The van der Waals surface area contributed by atoms with E-state index in [0.29, 0.717) is 49.7 Å². The van der Waals surface area contributed by atoms with Crippen molar-refractivity contribution in [2.45, 2.75) is 13.5 Å². The monoisotopic (exact) mass is 370 g/mol. The molecule has 27 heavy (non-hydrogen) atoms. The molecular formula is C20H23FN4O2. The number of urea groups is 1. The molecule has 3 amide bonds. The van der Waals surface area contributed by atoms with Crippen LogP contribution in [0.15, 0.2) is 48.5 Å². The maximum Gasteiger partial charge on any atom is 0.321 e. The number of nitrogens with zero attached hydrogens (tertiary/aromatic N) is 2. The number of benzene rings is 2. The number of hydrogen-bond acceptors (Lipinski definition) is 3. The largest absolute Gasteiger partial charge is 0.326 e. The summed E-state index contributed by atoms with van der Waals surface area (Å²) < 4.78 is 13.8. The first-order valence-electron chi connectivity index (χ1n) is 8.90. The minimum Gasteiger partial charge on any atom is -0.326 e. The molecule has 0 bridgehead atoms. The second-order valence-electron chi connectivity index (χ2n) is 6.54. The van der Waals surface area contributed by atoms with Gasteiger partial charge in [0, 0.05) is 56.6 Å². The third kappa shape index (κ3) is 5.27. The Morgan fingerprint density at radius 2 is 1.52 bits per heavy atom. The maximum atomic E-state index is 13.8. The van der Waals surface area contributed by atoms with Gasteiger partial charge < -0.3 is 15.5 Å². The average Bonchev–Trinajstić information content (AvgIpc) is 2.65. The van der Waals surface area contributed by atoms with E-state index in [0.717, 1.165) is 0 Å². The minimum absolute atomic E-state index is 0.139. The molecule has 1 heterocycles. The minimum atomic E-state index is -0.194. The Morgan fingerprint density at radius 3 is 2.11 bits per heavy atom. The summed E-state index contributed by atoms with van der Waals surface area (Å²) in [5.74, 6) is -0.333. The van der Waals surface area contributed by atoms with Crippen LogP contribution in [0.2, 0.25) is 0 Å². The Morgan fingerprint density at radius 1 is 0.926 bits per heavy atom. The number of halogens is 1. The molecule has 0 aromatic heterocycles. The predicted molar refractivity (Wildman–Crippen MR) is 103 cm³/mol. The van der Waals surface area contributed by atoms with E-state index in [2.05, 4.69) is 15.5 Å². The molecule has 0 unspecified atom stereocenters. The SMILES string of the molecule is CC(=O)Nc1ccc(NC(=O)N2CCN(Cc3ccccc3F)CC2)cc1. The molecule has 6 nitrogen and oxygen atoms in total. The van der Waals surface area contributed by atoms with Gasteiger partial charge in [0.25, 0.3) is 0 Å². The van der Waals surface area contributed by atoms with Crippen LogP contribution in [-0.4, -0.2) is 47.9 Å². The van der Waals surface area contributed by atoms with Gasteiger partial charge >= 0.3 is 6.03 Å². The van der Waals surface area contributed by atoms with E-state index >= 15 is 0 Å². The van der Waals surface area contributed by atoms with Crippen LogP contribution in [-0.2, 0) is 11.3 Å². The van der Waals surface area contributed by atoms with Crippen LogP contribution < -0.4 is 10.6 Å². The number of anilines is 2. The molecule has 0 aliphatic carbocycles. The van der Waals surface area contributed by atoms with Gasteiger partial charge in [-0.25, -0.2) is 9.18 Å². The van der Waals surface area contributed by atoms with Crippen molar-refractivity contribution in [1.82, 2.24) is 9.80 Å². The fraction of sp³-hybridized carbons (Fsp3) is 0.300. The summed E-state index contributed by atoms with van der Waals surface area (Å²) in [7, 11) is 0. The molecule has 0 radical (unpaired) electrons. The number of carbonyl (C=O) groups is 2. The van der Waals surface area contributed by atoms with Crippen molar-refractivity contribution in [3.05, 3.63) is 59.9 Å². The highest BCUT2D eigenvalue weighted by Crippen LogP contribution is 2.16. The van der Waals surface area contributed by atoms with E-state index in [1.165, 1.54) is 13.0 Å². The first-order valence-corrected chi connectivity index (χ1v) is 8.90. The molecule has 2 aromatic rings. The number of piperazine rings is 1. The Labute approximate surface area is 158 Å². The Bertz CT molecular complexity index is 802. The molecule has 1 aliphatic heterocycles. The van der Waals surface area contributed by atoms with Gasteiger partial charge in [-0.1, -0.05) is 18.2 Å². The van der Waals surface area contributed by atoms with Crippen LogP contribution in [0.1, 0.15) is 12.5 Å². The lowest BCUT2D eigenvalue weighted by atomic mass is 10.2. The lowest BCUT2D eigenvalue weighted by Gasteiger charge is -2.34. The van der Waals surface area contributed by atoms with E-state index in [-0.39, 0.29) is 17.8 Å². The summed E-state index contributed by atoms with van der Waals surface area (Å²) in [6.07, 6.45) is 0. The van der Waals surface area contributed by atoms with E-state index in [1.807, 2.05) is 6.07 Å². The normalized spacial score (nSPS) is 14.7. The van der Waals surface area contributed by atoms with Crippen molar-refractivity contribution >= 4 is 23.3 Å². The van der Waals surface area contributed by atoms with Crippen LogP contribution >= 0.6 is 0 Å². The van der Waals surface area contributed by atoms with Gasteiger partial charge in [-0.3, -0.25) is 9.69 Å². The number of amides is 3. The molecule has 0 saturated carbocycles. The fourth-order valence-electron chi connectivity index (χ4n) is 3.02. The van der Waals surface area contributed by atoms with Crippen molar-refractivity contribution in [2.75, 3.05) is 36.8 Å². The Kier molecular flexibility index (Phi) is 6.03. The Balaban J connectivity index is 1.48. The highest BCUT2D eigenvalue weighted by atomic mass is 19.1. The third-order valence-corrected chi connectivity index (χ3v) is 4.47. The van der Waals surface area contributed by atoms with Crippen LogP contribution in [0, 0.1) is 5.82 Å². The van der Waals surface area contributed by atoms with Crippen molar-refractivity contribution < 1.29 is 14.0 Å². The van der Waals surface area contributed by atoms with Crippen molar-refractivity contribution in [3.63, 3.8) is 0 Å².